The highest BCUT2D eigenvalue weighted by Crippen LogP contribution is 2.20. The lowest BCUT2D eigenvalue weighted by molar-refractivity contribution is -0.139. The van der Waals surface area contributed by atoms with Gasteiger partial charge in [-0.05, 0) is 40.2 Å². The Morgan fingerprint density at radius 3 is 2.38 bits per heavy atom. The van der Waals surface area contributed by atoms with Crippen LogP contribution in [0.2, 0.25) is 0 Å². The lowest BCUT2D eigenvalue weighted by atomic mass is 10.1. The lowest BCUT2D eigenvalue weighted by Gasteiger charge is -2.15. The van der Waals surface area contributed by atoms with Gasteiger partial charge < -0.3 is 15.0 Å². The number of hydrogen-bond acceptors (Lipinski definition) is 2. The Bertz CT molecular complexity index is 518. The van der Waals surface area contributed by atoms with Crippen LogP contribution in [-0.2, 0) is 4.79 Å². The molecule has 0 spiro atoms. The quantitative estimate of drug-likeness (QED) is 0.812. The molecule has 2 N–H and O–H groups in total. The highest BCUT2D eigenvalue weighted by atomic mass is 16.4. The summed E-state index contributed by atoms with van der Waals surface area (Å²) in [6.45, 7) is 9.96. The smallest absolute Gasteiger partial charge is 0.326 e. The van der Waals surface area contributed by atoms with E-state index in [0.29, 0.717) is 12.0 Å². The summed E-state index contributed by atoms with van der Waals surface area (Å²) in [5, 5.41) is 11.8. The van der Waals surface area contributed by atoms with Gasteiger partial charge in [0.2, 0.25) is 0 Å². The van der Waals surface area contributed by atoms with E-state index in [1.807, 2.05) is 26.8 Å². The Balaban J connectivity index is 2.93. The van der Waals surface area contributed by atoms with Gasteiger partial charge in [-0.1, -0.05) is 19.8 Å². The number of rotatable bonds is 7. The van der Waals surface area contributed by atoms with Gasteiger partial charge in [0.1, 0.15) is 6.04 Å². The van der Waals surface area contributed by atoms with Gasteiger partial charge in [0.25, 0.3) is 5.91 Å². The summed E-state index contributed by atoms with van der Waals surface area (Å²) in [4.78, 5) is 23.6. The second-order valence-corrected chi connectivity index (χ2v) is 5.76. The van der Waals surface area contributed by atoms with Gasteiger partial charge in [-0.3, -0.25) is 4.79 Å². The van der Waals surface area contributed by atoms with Crippen LogP contribution in [0.15, 0.2) is 6.07 Å². The molecule has 0 saturated carbocycles. The first-order chi connectivity index (χ1) is 9.79. The van der Waals surface area contributed by atoms with Crippen LogP contribution >= 0.6 is 0 Å². The maximum atomic E-state index is 12.3. The summed E-state index contributed by atoms with van der Waals surface area (Å²) in [6.07, 6.45) is 2.14. The molecular formula is C16H26N2O3. The van der Waals surface area contributed by atoms with Gasteiger partial charge in [0.05, 0.1) is 5.56 Å². The van der Waals surface area contributed by atoms with Crippen molar-refractivity contribution in [3.63, 3.8) is 0 Å². The molecule has 21 heavy (non-hydrogen) atoms. The highest BCUT2D eigenvalue weighted by Gasteiger charge is 2.23. The molecule has 0 aliphatic carbocycles. The second kappa shape index (κ2) is 7.29. The van der Waals surface area contributed by atoms with E-state index in [1.54, 1.807) is 0 Å². The molecule has 118 valence electrons. The van der Waals surface area contributed by atoms with Crippen LogP contribution in [0.5, 0.6) is 0 Å². The van der Waals surface area contributed by atoms with E-state index in [9.17, 15) is 14.7 Å². The van der Waals surface area contributed by atoms with Crippen molar-refractivity contribution in [1.29, 1.82) is 0 Å². The molecule has 0 fully saturated rings. The average molecular weight is 294 g/mol. The Morgan fingerprint density at radius 2 is 1.95 bits per heavy atom. The van der Waals surface area contributed by atoms with Gasteiger partial charge >= 0.3 is 5.97 Å². The maximum Gasteiger partial charge on any atom is 0.326 e. The van der Waals surface area contributed by atoms with Crippen LogP contribution in [0.4, 0.5) is 0 Å². The van der Waals surface area contributed by atoms with Crippen LogP contribution in [-0.4, -0.2) is 27.6 Å². The summed E-state index contributed by atoms with van der Waals surface area (Å²) in [6, 6.07) is 1.27. The van der Waals surface area contributed by atoms with E-state index in [4.69, 9.17) is 0 Å². The molecule has 1 aromatic rings. The number of carbonyl (C=O) groups is 2. The first-order valence-corrected chi connectivity index (χ1v) is 7.51. The molecule has 1 heterocycles. The summed E-state index contributed by atoms with van der Waals surface area (Å²) in [5.74, 6) is -1.28. The van der Waals surface area contributed by atoms with Crippen LogP contribution in [0.25, 0.3) is 0 Å². The molecule has 5 heteroatoms. The minimum absolute atomic E-state index is 0.266. The largest absolute Gasteiger partial charge is 0.480 e. The van der Waals surface area contributed by atoms with E-state index in [-0.39, 0.29) is 11.9 Å². The van der Waals surface area contributed by atoms with Crippen molar-refractivity contribution < 1.29 is 14.7 Å². The summed E-state index contributed by atoms with van der Waals surface area (Å²) in [5.41, 5.74) is 2.44. The number of nitrogens with one attached hydrogen (secondary N) is 1. The van der Waals surface area contributed by atoms with Crippen molar-refractivity contribution in [1.82, 2.24) is 9.88 Å². The van der Waals surface area contributed by atoms with Crippen LogP contribution in [0.3, 0.4) is 0 Å². The van der Waals surface area contributed by atoms with Crippen molar-refractivity contribution >= 4 is 11.9 Å². The maximum absolute atomic E-state index is 12.3. The predicted octanol–water partition coefficient (Wildman–Crippen LogP) is 3.06. The fourth-order valence-electron chi connectivity index (χ4n) is 2.70. The lowest BCUT2D eigenvalue weighted by Crippen LogP contribution is -2.40. The van der Waals surface area contributed by atoms with Gasteiger partial charge in [0, 0.05) is 17.4 Å². The van der Waals surface area contributed by atoms with Crippen molar-refractivity contribution in [3.05, 3.63) is 23.0 Å². The topological polar surface area (TPSA) is 71.3 Å². The molecule has 0 aliphatic rings. The fraction of sp³-hybridized carbons (Fsp3) is 0.625. The zero-order valence-electron chi connectivity index (χ0n) is 13.6. The number of carboxylic acids is 1. The van der Waals surface area contributed by atoms with Crippen LogP contribution in [0, 0.1) is 13.8 Å². The Hall–Kier alpha value is -1.78. The first kappa shape index (κ1) is 17.3. The molecular weight excluding hydrogens is 268 g/mol. The Labute approximate surface area is 126 Å². The molecule has 5 nitrogen and oxygen atoms in total. The van der Waals surface area contributed by atoms with Crippen molar-refractivity contribution in [3.8, 4) is 0 Å². The molecule has 0 radical (unpaired) electrons. The number of carbonyl (C=O) groups excluding carboxylic acids is 1. The normalized spacial score (nSPS) is 12.5. The van der Waals surface area contributed by atoms with Crippen LogP contribution in [0.1, 0.15) is 67.8 Å². The summed E-state index contributed by atoms with van der Waals surface area (Å²) >= 11 is 0. The number of aryl methyl sites for hydroxylation is 1. The standard InChI is InChI=1S/C16H26N2O3/c1-6-7-8-14(16(20)21)17-15(19)13-9-11(4)18(10(2)3)12(13)5/h9-10,14H,6-8H2,1-5H3,(H,17,19)(H,20,21). The predicted molar refractivity (Wildman–Crippen MR) is 82.7 cm³/mol. The van der Waals surface area contributed by atoms with E-state index < -0.39 is 12.0 Å². The molecule has 1 rings (SSSR count). The fourth-order valence-corrected chi connectivity index (χ4v) is 2.70. The molecule has 1 unspecified atom stereocenters. The third-order valence-corrected chi connectivity index (χ3v) is 3.70. The summed E-state index contributed by atoms with van der Waals surface area (Å²) in [7, 11) is 0. The second-order valence-electron chi connectivity index (χ2n) is 5.76. The van der Waals surface area contributed by atoms with Crippen molar-refractivity contribution in [2.45, 2.75) is 66.0 Å². The van der Waals surface area contributed by atoms with E-state index in [1.165, 1.54) is 0 Å². The zero-order chi connectivity index (χ0) is 16.2. The molecule has 0 saturated heterocycles. The molecule has 1 amide bonds. The van der Waals surface area contributed by atoms with E-state index >= 15 is 0 Å². The van der Waals surface area contributed by atoms with Crippen molar-refractivity contribution in [2.24, 2.45) is 0 Å². The number of aromatic nitrogens is 1. The number of aliphatic carboxylic acids is 1. The molecule has 0 aliphatic heterocycles. The van der Waals surface area contributed by atoms with Crippen LogP contribution < -0.4 is 5.32 Å². The SMILES string of the molecule is CCCCC(NC(=O)c1cc(C)n(C(C)C)c1C)C(=O)O. The number of carboxylic acid groups (broad SMARTS) is 1. The number of hydrogen-bond donors (Lipinski definition) is 2. The highest BCUT2D eigenvalue weighted by molar-refractivity contribution is 5.97. The molecule has 1 atom stereocenters. The summed E-state index contributed by atoms with van der Waals surface area (Å²) < 4.78 is 2.08. The minimum Gasteiger partial charge on any atom is -0.480 e. The van der Waals surface area contributed by atoms with Gasteiger partial charge in [0.15, 0.2) is 0 Å². The number of unbranched alkanes of at least 4 members (excludes halogenated alkanes) is 1. The minimum atomic E-state index is -0.977. The van der Waals surface area contributed by atoms with Gasteiger partial charge in [-0.25, -0.2) is 4.79 Å². The van der Waals surface area contributed by atoms with Crippen molar-refractivity contribution in [2.75, 3.05) is 0 Å². The van der Waals surface area contributed by atoms with Gasteiger partial charge in [-0.15, -0.1) is 0 Å². The zero-order valence-corrected chi connectivity index (χ0v) is 13.6. The number of amides is 1. The van der Waals surface area contributed by atoms with E-state index in [2.05, 4.69) is 23.7 Å². The third-order valence-electron chi connectivity index (χ3n) is 3.70. The average Bonchev–Trinajstić information content (AvgIpc) is 2.69. The number of nitrogens with zero attached hydrogens (tertiary/aromatic N) is 1. The molecule has 0 bridgehead atoms. The molecule has 0 aromatic carbocycles. The first-order valence-electron chi connectivity index (χ1n) is 7.51. The van der Waals surface area contributed by atoms with E-state index in [0.717, 1.165) is 24.2 Å². The Morgan fingerprint density at radius 1 is 1.33 bits per heavy atom. The monoisotopic (exact) mass is 294 g/mol. The Kier molecular flexibility index (Phi) is 6.00. The molecule has 1 aromatic heterocycles. The van der Waals surface area contributed by atoms with Gasteiger partial charge in [-0.2, -0.15) is 0 Å². The third kappa shape index (κ3) is 4.09.